The van der Waals surface area contributed by atoms with Gasteiger partial charge in [0.2, 0.25) is 0 Å². The number of carbonyl (C=O) groups is 1. The lowest BCUT2D eigenvalue weighted by molar-refractivity contribution is 0.0607. The Bertz CT molecular complexity index is 701. The topological polar surface area (TPSA) is 54.7 Å². The first kappa shape index (κ1) is 13.6. The van der Waals surface area contributed by atoms with Gasteiger partial charge in [0, 0.05) is 18.0 Å². The Balaban J connectivity index is 1.55. The van der Waals surface area contributed by atoms with E-state index >= 15 is 0 Å². The Morgan fingerprint density at radius 1 is 1.36 bits per heavy atom. The SMILES string of the molecule is COc1cccc2cc(C(=O)N[C@H]3CN4CCC3CC4)oc12. The predicted octanol–water partition coefficient (Wildman–Crippen LogP) is 2.27. The van der Waals surface area contributed by atoms with Crippen molar-refractivity contribution in [3.8, 4) is 5.75 Å². The van der Waals surface area contributed by atoms with Gasteiger partial charge in [0.15, 0.2) is 17.1 Å². The van der Waals surface area contributed by atoms with Crippen LogP contribution in [0.3, 0.4) is 0 Å². The third-order valence-corrected chi connectivity index (χ3v) is 4.92. The molecule has 3 saturated heterocycles. The number of hydrogen-bond acceptors (Lipinski definition) is 4. The van der Waals surface area contributed by atoms with E-state index < -0.39 is 0 Å². The Morgan fingerprint density at radius 3 is 2.86 bits per heavy atom. The highest BCUT2D eigenvalue weighted by molar-refractivity contribution is 5.97. The van der Waals surface area contributed by atoms with Gasteiger partial charge in [0.1, 0.15) is 0 Å². The first-order valence-electron chi connectivity index (χ1n) is 7.84. The molecule has 1 amide bonds. The van der Waals surface area contributed by atoms with E-state index in [0.29, 0.717) is 23.0 Å². The number of nitrogens with one attached hydrogen (secondary N) is 1. The number of amides is 1. The van der Waals surface area contributed by atoms with Crippen LogP contribution in [0.1, 0.15) is 23.4 Å². The average molecular weight is 300 g/mol. The van der Waals surface area contributed by atoms with Gasteiger partial charge in [-0.05, 0) is 44.0 Å². The van der Waals surface area contributed by atoms with Gasteiger partial charge < -0.3 is 19.4 Å². The number of carbonyl (C=O) groups excluding carboxylic acids is 1. The van der Waals surface area contributed by atoms with E-state index in [1.54, 1.807) is 13.2 Å². The van der Waals surface area contributed by atoms with Crippen molar-refractivity contribution < 1.29 is 13.9 Å². The second-order valence-corrected chi connectivity index (χ2v) is 6.21. The van der Waals surface area contributed by atoms with Gasteiger partial charge in [0.05, 0.1) is 7.11 Å². The molecule has 0 radical (unpaired) electrons. The van der Waals surface area contributed by atoms with Gasteiger partial charge in [-0.2, -0.15) is 0 Å². The maximum Gasteiger partial charge on any atom is 0.287 e. The molecule has 1 atom stereocenters. The fraction of sp³-hybridized carbons (Fsp3) is 0.471. The molecule has 2 bridgehead atoms. The van der Waals surface area contributed by atoms with Crippen molar-refractivity contribution in [1.29, 1.82) is 0 Å². The van der Waals surface area contributed by atoms with Crippen molar-refractivity contribution in [2.75, 3.05) is 26.7 Å². The highest BCUT2D eigenvalue weighted by Gasteiger charge is 2.35. The van der Waals surface area contributed by atoms with Crippen molar-refractivity contribution >= 4 is 16.9 Å². The molecule has 5 heteroatoms. The summed E-state index contributed by atoms with van der Waals surface area (Å²) in [5.74, 6) is 1.49. The van der Waals surface area contributed by atoms with Crippen LogP contribution in [0.2, 0.25) is 0 Å². The number of rotatable bonds is 3. The van der Waals surface area contributed by atoms with E-state index in [4.69, 9.17) is 9.15 Å². The lowest BCUT2D eigenvalue weighted by Crippen LogP contribution is -2.57. The first-order valence-corrected chi connectivity index (χ1v) is 7.84. The summed E-state index contributed by atoms with van der Waals surface area (Å²) in [6.45, 7) is 3.29. The molecule has 3 aliphatic heterocycles. The highest BCUT2D eigenvalue weighted by Crippen LogP contribution is 2.30. The van der Waals surface area contributed by atoms with Crippen molar-refractivity contribution in [2.45, 2.75) is 18.9 Å². The number of piperidine rings is 3. The van der Waals surface area contributed by atoms with Gasteiger partial charge >= 0.3 is 0 Å². The minimum atomic E-state index is -0.128. The second-order valence-electron chi connectivity index (χ2n) is 6.21. The molecule has 116 valence electrons. The fourth-order valence-corrected chi connectivity index (χ4v) is 3.68. The third-order valence-electron chi connectivity index (χ3n) is 4.92. The number of methoxy groups -OCH3 is 1. The molecule has 2 aromatic rings. The van der Waals surface area contributed by atoms with Gasteiger partial charge in [-0.3, -0.25) is 4.79 Å². The Kier molecular flexibility index (Phi) is 3.30. The summed E-state index contributed by atoms with van der Waals surface area (Å²) in [4.78, 5) is 14.9. The number of benzene rings is 1. The van der Waals surface area contributed by atoms with Crippen molar-refractivity contribution in [2.24, 2.45) is 5.92 Å². The quantitative estimate of drug-likeness (QED) is 0.945. The summed E-state index contributed by atoms with van der Waals surface area (Å²) >= 11 is 0. The van der Waals surface area contributed by atoms with E-state index in [1.165, 1.54) is 25.9 Å². The summed E-state index contributed by atoms with van der Waals surface area (Å²) in [6, 6.07) is 7.68. The van der Waals surface area contributed by atoms with Crippen LogP contribution < -0.4 is 10.1 Å². The van der Waals surface area contributed by atoms with Crippen molar-refractivity contribution in [3.05, 3.63) is 30.0 Å². The van der Waals surface area contributed by atoms with E-state index in [-0.39, 0.29) is 11.9 Å². The van der Waals surface area contributed by atoms with Crippen LogP contribution in [-0.4, -0.2) is 43.6 Å². The van der Waals surface area contributed by atoms with Gasteiger partial charge in [-0.1, -0.05) is 12.1 Å². The maximum absolute atomic E-state index is 12.5. The molecule has 4 heterocycles. The molecule has 0 aliphatic carbocycles. The summed E-state index contributed by atoms with van der Waals surface area (Å²) in [6.07, 6.45) is 2.36. The highest BCUT2D eigenvalue weighted by atomic mass is 16.5. The summed E-state index contributed by atoms with van der Waals surface area (Å²) < 4.78 is 11.0. The van der Waals surface area contributed by atoms with Crippen LogP contribution in [0.4, 0.5) is 0 Å². The zero-order valence-corrected chi connectivity index (χ0v) is 12.7. The van der Waals surface area contributed by atoms with Crippen LogP contribution in [0.25, 0.3) is 11.0 Å². The third kappa shape index (κ3) is 2.25. The minimum absolute atomic E-state index is 0.128. The zero-order valence-electron chi connectivity index (χ0n) is 12.7. The molecule has 0 unspecified atom stereocenters. The largest absolute Gasteiger partial charge is 0.493 e. The van der Waals surface area contributed by atoms with Crippen LogP contribution >= 0.6 is 0 Å². The van der Waals surface area contributed by atoms with Crippen LogP contribution in [0.5, 0.6) is 5.75 Å². The fourth-order valence-electron chi connectivity index (χ4n) is 3.68. The Hall–Kier alpha value is -2.01. The van der Waals surface area contributed by atoms with E-state index in [9.17, 15) is 4.79 Å². The standard InChI is InChI=1S/C17H20N2O3/c1-21-14-4-2-3-12-9-15(22-16(12)14)17(20)18-13-10-19-7-5-11(13)6-8-19/h2-4,9,11,13H,5-8,10H2,1H3,(H,18,20)/t13-/m0/s1. The maximum atomic E-state index is 12.5. The normalized spacial score (nSPS) is 27.0. The molecule has 3 aliphatic rings. The number of hydrogen-bond donors (Lipinski definition) is 1. The van der Waals surface area contributed by atoms with E-state index in [0.717, 1.165) is 11.9 Å². The smallest absolute Gasteiger partial charge is 0.287 e. The lowest BCUT2D eigenvalue weighted by Gasteiger charge is -2.44. The van der Waals surface area contributed by atoms with Gasteiger partial charge in [-0.25, -0.2) is 0 Å². The van der Waals surface area contributed by atoms with E-state index in [2.05, 4.69) is 10.2 Å². The molecule has 5 rings (SSSR count). The predicted molar refractivity (Wildman–Crippen MR) is 83.2 cm³/mol. The second kappa shape index (κ2) is 5.32. The summed E-state index contributed by atoms with van der Waals surface area (Å²) in [7, 11) is 1.60. The molecule has 1 aromatic heterocycles. The molecular formula is C17H20N2O3. The summed E-state index contributed by atoms with van der Waals surface area (Å²) in [5, 5.41) is 4.04. The number of ether oxygens (including phenoxy) is 1. The first-order chi connectivity index (χ1) is 10.7. The minimum Gasteiger partial charge on any atom is -0.493 e. The van der Waals surface area contributed by atoms with Crippen LogP contribution in [0, 0.1) is 5.92 Å². The average Bonchev–Trinajstić information content (AvgIpc) is 3.00. The van der Waals surface area contributed by atoms with Gasteiger partial charge in [0.25, 0.3) is 5.91 Å². The Morgan fingerprint density at radius 2 is 2.18 bits per heavy atom. The van der Waals surface area contributed by atoms with Crippen LogP contribution in [-0.2, 0) is 0 Å². The number of nitrogens with zero attached hydrogens (tertiary/aromatic N) is 1. The summed E-state index contributed by atoms with van der Waals surface area (Å²) in [5.41, 5.74) is 0.629. The number of fused-ring (bicyclic) bond motifs is 4. The number of para-hydroxylation sites is 1. The van der Waals surface area contributed by atoms with Crippen molar-refractivity contribution in [1.82, 2.24) is 10.2 Å². The molecular weight excluding hydrogens is 280 g/mol. The van der Waals surface area contributed by atoms with Crippen molar-refractivity contribution in [3.63, 3.8) is 0 Å². The zero-order chi connectivity index (χ0) is 15.1. The monoisotopic (exact) mass is 300 g/mol. The molecule has 0 spiro atoms. The Labute approximate surface area is 129 Å². The molecule has 3 fully saturated rings. The molecule has 1 aromatic carbocycles. The van der Waals surface area contributed by atoms with Crippen LogP contribution in [0.15, 0.2) is 28.7 Å². The lowest BCUT2D eigenvalue weighted by atomic mass is 9.84. The molecule has 5 nitrogen and oxygen atoms in total. The number of furan rings is 1. The van der Waals surface area contributed by atoms with E-state index in [1.807, 2.05) is 18.2 Å². The van der Waals surface area contributed by atoms with Gasteiger partial charge in [-0.15, -0.1) is 0 Å². The molecule has 22 heavy (non-hydrogen) atoms. The molecule has 1 N–H and O–H groups in total. The molecule has 0 saturated carbocycles.